The Balaban J connectivity index is 2.26. The Bertz CT molecular complexity index is 444. The van der Waals surface area contributed by atoms with E-state index in [-0.39, 0.29) is 5.91 Å². The van der Waals surface area contributed by atoms with E-state index in [9.17, 15) is 4.79 Å². The molecule has 0 spiro atoms. The van der Waals surface area contributed by atoms with Gasteiger partial charge in [-0.25, -0.2) is 0 Å². The van der Waals surface area contributed by atoms with Gasteiger partial charge in [0.05, 0.1) is 5.56 Å². The molecule has 0 saturated carbocycles. The molecule has 1 fully saturated rings. The number of likely N-dealkylation sites (tertiary alicyclic amines) is 1. The molecular weight excluding hydrogens is 290 g/mol. The molecule has 1 atom stereocenters. The molecule has 0 aliphatic carbocycles. The number of halogens is 1. The lowest BCUT2D eigenvalue weighted by molar-refractivity contribution is 0.0607. The van der Waals surface area contributed by atoms with Gasteiger partial charge in [-0.1, -0.05) is 18.6 Å². The molecule has 1 unspecified atom stereocenters. The fraction of sp³-hybridized carbons (Fsp3) is 0.533. The number of amides is 1. The summed E-state index contributed by atoms with van der Waals surface area (Å²) in [5.74, 6) is 0.178. The van der Waals surface area contributed by atoms with Gasteiger partial charge in [0.25, 0.3) is 5.91 Å². The number of rotatable bonds is 2. The molecule has 18 heavy (non-hydrogen) atoms. The minimum Gasteiger partial charge on any atom is -0.336 e. The Labute approximate surface area is 117 Å². The topological polar surface area (TPSA) is 20.3 Å². The summed E-state index contributed by atoms with van der Waals surface area (Å²) in [7, 11) is 0. The summed E-state index contributed by atoms with van der Waals surface area (Å²) in [4.78, 5) is 14.7. The summed E-state index contributed by atoms with van der Waals surface area (Å²) in [6.07, 6.45) is 4.57. The van der Waals surface area contributed by atoms with Crippen LogP contribution >= 0.6 is 15.9 Å². The molecule has 2 rings (SSSR count). The molecule has 98 valence electrons. The van der Waals surface area contributed by atoms with Crippen LogP contribution in [0.3, 0.4) is 0 Å². The van der Waals surface area contributed by atoms with Gasteiger partial charge in [-0.2, -0.15) is 0 Å². The fourth-order valence-corrected chi connectivity index (χ4v) is 3.07. The van der Waals surface area contributed by atoms with Crippen molar-refractivity contribution < 1.29 is 4.79 Å². The summed E-state index contributed by atoms with van der Waals surface area (Å²) in [5, 5.41) is 0. The molecule has 1 saturated heterocycles. The van der Waals surface area contributed by atoms with E-state index in [1.807, 2.05) is 25.1 Å². The maximum absolute atomic E-state index is 12.6. The highest BCUT2D eigenvalue weighted by Gasteiger charge is 2.27. The van der Waals surface area contributed by atoms with Crippen LogP contribution in [0.15, 0.2) is 22.7 Å². The highest BCUT2D eigenvalue weighted by atomic mass is 79.9. The highest BCUT2D eigenvalue weighted by Crippen LogP contribution is 2.25. The molecule has 0 aromatic heterocycles. The molecule has 1 heterocycles. The zero-order chi connectivity index (χ0) is 13.1. The van der Waals surface area contributed by atoms with Crippen LogP contribution in [0, 0.1) is 6.92 Å². The normalized spacial score (nSPS) is 19.9. The Hall–Kier alpha value is -0.830. The van der Waals surface area contributed by atoms with Crippen molar-refractivity contribution in [3.63, 3.8) is 0 Å². The van der Waals surface area contributed by atoms with E-state index in [0.29, 0.717) is 6.04 Å². The molecule has 0 radical (unpaired) electrons. The molecule has 0 N–H and O–H groups in total. The van der Waals surface area contributed by atoms with E-state index >= 15 is 0 Å². The Morgan fingerprint density at radius 1 is 1.44 bits per heavy atom. The molecule has 1 amide bonds. The number of nitrogens with zero attached hydrogens (tertiary/aromatic N) is 1. The standard InChI is InChI=1S/C15H20BrNO/c1-3-12-6-4-5-9-17(12)15(18)13-10-11(2)7-8-14(13)16/h7-8,10,12H,3-6,9H2,1-2H3. The van der Waals surface area contributed by atoms with E-state index < -0.39 is 0 Å². The Morgan fingerprint density at radius 2 is 2.22 bits per heavy atom. The molecule has 1 aliphatic heterocycles. The van der Waals surface area contributed by atoms with Gasteiger partial charge < -0.3 is 4.90 Å². The number of hydrogen-bond acceptors (Lipinski definition) is 1. The highest BCUT2D eigenvalue weighted by molar-refractivity contribution is 9.10. The first-order chi connectivity index (χ1) is 8.63. The van der Waals surface area contributed by atoms with Crippen LogP contribution in [-0.2, 0) is 0 Å². The van der Waals surface area contributed by atoms with Gasteiger partial charge in [0.2, 0.25) is 0 Å². The third-order valence-electron chi connectivity index (χ3n) is 3.71. The van der Waals surface area contributed by atoms with Crippen molar-refractivity contribution in [1.82, 2.24) is 4.90 Å². The number of carbonyl (C=O) groups excluding carboxylic acids is 1. The number of aryl methyl sites for hydroxylation is 1. The average molecular weight is 310 g/mol. The van der Waals surface area contributed by atoms with Crippen LogP contribution in [0.5, 0.6) is 0 Å². The Morgan fingerprint density at radius 3 is 2.94 bits per heavy atom. The lowest BCUT2D eigenvalue weighted by Crippen LogP contribution is -2.43. The molecule has 1 aromatic carbocycles. The van der Waals surface area contributed by atoms with Gasteiger partial charge >= 0.3 is 0 Å². The number of piperidine rings is 1. The van der Waals surface area contributed by atoms with Crippen LogP contribution in [0.1, 0.15) is 48.5 Å². The zero-order valence-corrected chi connectivity index (χ0v) is 12.7. The van der Waals surface area contributed by atoms with Crippen molar-refractivity contribution in [3.8, 4) is 0 Å². The quantitative estimate of drug-likeness (QED) is 0.803. The van der Waals surface area contributed by atoms with Crippen LogP contribution < -0.4 is 0 Å². The fourth-order valence-electron chi connectivity index (χ4n) is 2.65. The second-order valence-corrected chi connectivity index (χ2v) is 5.89. The van der Waals surface area contributed by atoms with Crippen LogP contribution in [-0.4, -0.2) is 23.4 Å². The first-order valence-electron chi connectivity index (χ1n) is 6.70. The van der Waals surface area contributed by atoms with Crippen molar-refractivity contribution >= 4 is 21.8 Å². The largest absolute Gasteiger partial charge is 0.336 e. The molecule has 1 aromatic rings. The zero-order valence-electron chi connectivity index (χ0n) is 11.1. The number of carbonyl (C=O) groups is 1. The van der Waals surface area contributed by atoms with Crippen molar-refractivity contribution in [3.05, 3.63) is 33.8 Å². The van der Waals surface area contributed by atoms with Gasteiger partial charge in [0, 0.05) is 17.1 Å². The van der Waals surface area contributed by atoms with Gasteiger partial charge in [0.1, 0.15) is 0 Å². The maximum atomic E-state index is 12.6. The first kappa shape index (κ1) is 13.6. The van der Waals surface area contributed by atoms with Gasteiger partial charge in [-0.3, -0.25) is 4.79 Å². The van der Waals surface area contributed by atoms with Crippen LogP contribution in [0.25, 0.3) is 0 Å². The van der Waals surface area contributed by atoms with E-state index in [4.69, 9.17) is 0 Å². The van der Waals surface area contributed by atoms with Gasteiger partial charge in [-0.15, -0.1) is 0 Å². The third-order valence-corrected chi connectivity index (χ3v) is 4.40. The summed E-state index contributed by atoms with van der Waals surface area (Å²) in [5.41, 5.74) is 1.93. The first-order valence-corrected chi connectivity index (χ1v) is 7.50. The van der Waals surface area contributed by atoms with E-state index in [0.717, 1.165) is 41.4 Å². The minimum absolute atomic E-state index is 0.178. The van der Waals surface area contributed by atoms with E-state index in [1.165, 1.54) is 6.42 Å². The lowest BCUT2D eigenvalue weighted by atomic mass is 9.98. The van der Waals surface area contributed by atoms with Crippen molar-refractivity contribution in [2.45, 2.75) is 45.6 Å². The SMILES string of the molecule is CCC1CCCCN1C(=O)c1cc(C)ccc1Br. The predicted octanol–water partition coefficient (Wildman–Crippen LogP) is 4.16. The van der Waals surface area contributed by atoms with Gasteiger partial charge in [0.15, 0.2) is 0 Å². The second-order valence-electron chi connectivity index (χ2n) is 5.04. The average Bonchev–Trinajstić information content (AvgIpc) is 2.40. The number of benzene rings is 1. The predicted molar refractivity (Wildman–Crippen MR) is 77.8 cm³/mol. The summed E-state index contributed by atoms with van der Waals surface area (Å²) in [6.45, 7) is 5.09. The summed E-state index contributed by atoms with van der Waals surface area (Å²) in [6, 6.07) is 6.38. The molecular formula is C15H20BrNO. The molecule has 2 nitrogen and oxygen atoms in total. The maximum Gasteiger partial charge on any atom is 0.255 e. The van der Waals surface area contributed by atoms with Crippen molar-refractivity contribution in [2.24, 2.45) is 0 Å². The number of hydrogen-bond donors (Lipinski definition) is 0. The van der Waals surface area contributed by atoms with Crippen molar-refractivity contribution in [1.29, 1.82) is 0 Å². The smallest absolute Gasteiger partial charge is 0.255 e. The third kappa shape index (κ3) is 2.77. The minimum atomic E-state index is 0.178. The van der Waals surface area contributed by atoms with Crippen LogP contribution in [0.2, 0.25) is 0 Å². The summed E-state index contributed by atoms with van der Waals surface area (Å²) < 4.78 is 0.901. The van der Waals surface area contributed by atoms with Crippen molar-refractivity contribution in [2.75, 3.05) is 6.54 Å². The molecule has 1 aliphatic rings. The van der Waals surface area contributed by atoms with Crippen LogP contribution in [0.4, 0.5) is 0 Å². The Kier molecular flexibility index (Phi) is 4.44. The summed E-state index contributed by atoms with van der Waals surface area (Å²) >= 11 is 3.49. The monoisotopic (exact) mass is 309 g/mol. The van der Waals surface area contributed by atoms with E-state index in [1.54, 1.807) is 0 Å². The lowest BCUT2D eigenvalue weighted by Gasteiger charge is -2.35. The molecule has 0 bridgehead atoms. The van der Waals surface area contributed by atoms with E-state index in [2.05, 4.69) is 27.8 Å². The molecule has 3 heteroatoms. The second kappa shape index (κ2) is 5.87. The van der Waals surface area contributed by atoms with Gasteiger partial charge in [-0.05, 0) is 60.7 Å².